The van der Waals surface area contributed by atoms with E-state index in [-0.39, 0.29) is 22.1 Å². The van der Waals surface area contributed by atoms with Crippen LogP contribution in [0.3, 0.4) is 0 Å². The summed E-state index contributed by atoms with van der Waals surface area (Å²) in [6.07, 6.45) is 2.11. The summed E-state index contributed by atoms with van der Waals surface area (Å²) in [6.45, 7) is 1.45. The zero-order valence-corrected chi connectivity index (χ0v) is 12.4. The molecule has 0 aliphatic rings. The van der Waals surface area contributed by atoms with Crippen molar-refractivity contribution >= 4 is 34.6 Å². The minimum atomic E-state index is -0.904. The normalized spacial score (nSPS) is 11.7. The largest absolute Gasteiger partial charge is 0.319 e. The minimum absolute atomic E-state index is 0.0297. The summed E-state index contributed by atoms with van der Waals surface area (Å²) in [7, 11) is 0. The minimum Gasteiger partial charge on any atom is -0.319 e. The number of nitrogens with zero attached hydrogens (tertiary/aromatic N) is 4. The van der Waals surface area contributed by atoms with E-state index in [1.165, 1.54) is 19.1 Å². The van der Waals surface area contributed by atoms with E-state index >= 15 is 0 Å². The van der Waals surface area contributed by atoms with Crippen molar-refractivity contribution < 1.29 is 14.6 Å². The molecule has 0 aliphatic heterocycles. The van der Waals surface area contributed by atoms with Crippen LogP contribution in [0, 0.1) is 20.2 Å². The Morgan fingerprint density at radius 2 is 2.04 bits per heavy atom. The summed E-state index contributed by atoms with van der Waals surface area (Å²) in [4.78, 5) is 32.4. The number of nitro groups is 2. The number of amides is 1. The van der Waals surface area contributed by atoms with Crippen molar-refractivity contribution in [3.63, 3.8) is 0 Å². The Balaban J connectivity index is 2.21. The van der Waals surface area contributed by atoms with Gasteiger partial charge in [-0.05, 0) is 19.1 Å². The summed E-state index contributed by atoms with van der Waals surface area (Å²) in [5.74, 6) is -0.617. The molecule has 1 aromatic heterocycles. The van der Waals surface area contributed by atoms with Gasteiger partial charge >= 0.3 is 5.69 Å². The molecular weight excluding hydrogens is 330 g/mol. The van der Waals surface area contributed by atoms with Crippen LogP contribution in [-0.4, -0.2) is 25.5 Å². The van der Waals surface area contributed by atoms with Crippen LogP contribution in [-0.2, 0) is 4.79 Å². The third-order valence-corrected chi connectivity index (χ3v) is 3.22. The van der Waals surface area contributed by atoms with E-state index < -0.39 is 21.8 Å². The molecular formula is C12H10ClN5O5. The molecule has 0 aliphatic carbocycles. The molecule has 0 fully saturated rings. The van der Waals surface area contributed by atoms with Crippen molar-refractivity contribution in [2.45, 2.75) is 13.0 Å². The number of carbonyl (C=O) groups excluding carboxylic acids is 1. The quantitative estimate of drug-likeness (QED) is 0.657. The second-order valence-corrected chi connectivity index (χ2v) is 4.96. The maximum absolute atomic E-state index is 12.2. The number of rotatable bonds is 5. The number of anilines is 1. The van der Waals surface area contributed by atoms with Crippen LogP contribution in [0.15, 0.2) is 30.6 Å². The second kappa shape index (κ2) is 6.40. The number of nitrogens with one attached hydrogen (secondary N) is 1. The van der Waals surface area contributed by atoms with Gasteiger partial charge in [0, 0.05) is 11.1 Å². The summed E-state index contributed by atoms with van der Waals surface area (Å²) in [5, 5.41) is 27.9. The van der Waals surface area contributed by atoms with Crippen LogP contribution in [0.1, 0.15) is 13.0 Å². The van der Waals surface area contributed by atoms with Crippen molar-refractivity contribution in [1.82, 2.24) is 9.78 Å². The maximum Gasteiger partial charge on any atom is 0.307 e. The Kier molecular flexibility index (Phi) is 4.55. The Morgan fingerprint density at radius 3 is 2.61 bits per heavy atom. The lowest BCUT2D eigenvalue weighted by molar-refractivity contribution is -0.385. The van der Waals surface area contributed by atoms with Crippen molar-refractivity contribution in [3.8, 4) is 0 Å². The molecule has 10 nitrogen and oxygen atoms in total. The predicted molar refractivity (Wildman–Crippen MR) is 80.3 cm³/mol. The first-order valence-corrected chi connectivity index (χ1v) is 6.60. The average molecular weight is 340 g/mol. The summed E-state index contributed by atoms with van der Waals surface area (Å²) in [6, 6.07) is 2.91. The van der Waals surface area contributed by atoms with E-state index in [0.717, 1.165) is 23.1 Å². The molecule has 120 valence electrons. The lowest BCUT2D eigenvalue weighted by Gasteiger charge is -2.12. The van der Waals surface area contributed by atoms with Crippen LogP contribution in [0.2, 0.25) is 5.02 Å². The smallest absolute Gasteiger partial charge is 0.307 e. The van der Waals surface area contributed by atoms with Gasteiger partial charge in [0.25, 0.3) is 5.69 Å². The molecule has 11 heteroatoms. The van der Waals surface area contributed by atoms with E-state index in [1.54, 1.807) is 0 Å². The van der Waals surface area contributed by atoms with Crippen molar-refractivity contribution in [2.75, 3.05) is 5.32 Å². The molecule has 1 aromatic carbocycles. The number of hydrogen-bond acceptors (Lipinski definition) is 6. The zero-order valence-electron chi connectivity index (χ0n) is 11.7. The molecule has 2 rings (SSSR count). The molecule has 1 heterocycles. The first-order valence-electron chi connectivity index (χ1n) is 6.23. The fourth-order valence-electron chi connectivity index (χ4n) is 1.75. The molecule has 23 heavy (non-hydrogen) atoms. The van der Waals surface area contributed by atoms with Gasteiger partial charge < -0.3 is 5.32 Å². The number of hydrogen-bond donors (Lipinski definition) is 1. The van der Waals surface area contributed by atoms with Gasteiger partial charge in [-0.25, -0.2) is 0 Å². The van der Waals surface area contributed by atoms with E-state index in [9.17, 15) is 25.0 Å². The van der Waals surface area contributed by atoms with Crippen LogP contribution in [0.5, 0.6) is 0 Å². The molecule has 0 spiro atoms. The third kappa shape index (κ3) is 3.61. The van der Waals surface area contributed by atoms with Crippen molar-refractivity contribution in [1.29, 1.82) is 0 Å². The standard InChI is InChI=1S/C12H10ClN5O5/c1-7(16-6-9(5-14-16)17(20)21)12(19)15-10-3-2-8(13)4-11(10)18(22)23/h2-7H,1H3,(H,15,19). The first-order chi connectivity index (χ1) is 10.8. The maximum atomic E-state index is 12.2. The monoisotopic (exact) mass is 339 g/mol. The van der Waals surface area contributed by atoms with Gasteiger partial charge in [0.05, 0.1) is 9.85 Å². The number of aromatic nitrogens is 2. The van der Waals surface area contributed by atoms with Gasteiger partial charge in [0.1, 0.15) is 24.1 Å². The first kappa shape index (κ1) is 16.4. The van der Waals surface area contributed by atoms with Gasteiger partial charge in [0.15, 0.2) is 0 Å². The zero-order chi connectivity index (χ0) is 17.1. The fraction of sp³-hybridized carbons (Fsp3) is 0.167. The Hall–Kier alpha value is -3.01. The third-order valence-electron chi connectivity index (χ3n) is 2.99. The van der Waals surface area contributed by atoms with E-state index in [2.05, 4.69) is 10.4 Å². The molecule has 0 bridgehead atoms. The summed E-state index contributed by atoms with van der Waals surface area (Å²) in [5.41, 5.74) is -0.649. The molecule has 0 radical (unpaired) electrons. The van der Waals surface area contributed by atoms with Gasteiger partial charge in [-0.1, -0.05) is 11.6 Å². The molecule has 1 unspecified atom stereocenters. The lowest BCUT2D eigenvalue weighted by atomic mass is 10.2. The molecule has 0 saturated heterocycles. The summed E-state index contributed by atoms with van der Waals surface area (Å²) >= 11 is 5.69. The highest BCUT2D eigenvalue weighted by molar-refractivity contribution is 6.31. The lowest BCUT2D eigenvalue weighted by Crippen LogP contribution is -2.24. The molecule has 2 aromatic rings. The second-order valence-electron chi connectivity index (χ2n) is 4.52. The van der Waals surface area contributed by atoms with Crippen molar-refractivity contribution in [3.05, 3.63) is 55.8 Å². The Morgan fingerprint density at radius 1 is 1.35 bits per heavy atom. The van der Waals surface area contributed by atoms with Crippen LogP contribution in [0.4, 0.5) is 17.1 Å². The molecule has 0 saturated carbocycles. The number of halogens is 1. The van der Waals surface area contributed by atoms with Gasteiger partial charge in [0.2, 0.25) is 5.91 Å². The Labute approximate surface area is 134 Å². The number of benzene rings is 1. The average Bonchev–Trinajstić information content (AvgIpc) is 2.98. The van der Waals surface area contributed by atoms with E-state index in [1.807, 2.05) is 0 Å². The topological polar surface area (TPSA) is 133 Å². The Bertz CT molecular complexity index is 790. The molecule has 1 N–H and O–H groups in total. The predicted octanol–water partition coefficient (Wildman–Crippen LogP) is 2.55. The van der Waals surface area contributed by atoms with Crippen molar-refractivity contribution in [2.24, 2.45) is 0 Å². The number of nitro benzene ring substituents is 1. The van der Waals surface area contributed by atoms with E-state index in [4.69, 9.17) is 11.6 Å². The molecule has 1 atom stereocenters. The van der Waals surface area contributed by atoms with Gasteiger partial charge in [-0.2, -0.15) is 5.10 Å². The van der Waals surface area contributed by atoms with Crippen LogP contribution in [0.25, 0.3) is 0 Å². The number of carbonyl (C=O) groups is 1. The molecule has 1 amide bonds. The van der Waals surface area contributed by atoms with Crippen LogP contribution < -0.4 is 5.32 Å². The van der Waals surface area contributed by atoms with Gasteiger partial charge in [-0.15, -0.1) is 0 Å². The van der Waals surface area contributed by atoms with E-state index in [0.29, 0.717) is 0 Å². The highest BCUT2D eigenvalue weighted by Crippen LogP contribution is 2.28. The highest BCUT2D eigenvalue weighted by Gasteiger charge is 2.22. The van der Waals surface area contributed by atoms with Crippen LogP contribution >= 0.6 is 11.6 Å². The van der Waals surface area contributed by atoms with Gasteiger partial charge in [-0.3, -0.25) is 29.7 Å². The highest BCUT2D eigenvalue weighted by atomic mass is 35.5. The SMILES string of the molecule is CC(C(=O)Nc1ccc(Cl)cc1[N+](=O)[O-])n1cc([N+](=O)[O-])cn1. The summed E-state index contributed by atoms with van der Waals surface area (Å²) < 4.78 is 1.09. The fourth-order valence-corrected chi connectivity index (χ4v) is 1.92.